The van der Waals surface area contributed by atoms with Crippen LogP contribution in [0, 0.1) is 6.92 Å². The maximum Gasteiger partial charge on any atom is 0.230 e. The molecular formula is C22H20N4OS2. The van der Waals surface area contributed by atoms with E-state index >= 15 is 0 Å². The molecular weight excluding hydrogens is 400 g/mol. The Labute approximate surface area is 178 Å². The van der Waals surface area contributed by atoms with Crippen LogP contribution in [0.3, 0.4) is 0 Å². The first-order valence-corrected chi connectivity index (χ1v) is 11.0. The predicted molar refractivity (Wildman–Crippen MR) is 119 cm³/mol. The third-order valence-electron chi connectivity index (χ3n) is 4.30. The van der Waals surface area contributed by atoms with Gasteiger partial charge >= 0.3 is 0 Å². The topological polar surface area (TPSA) is 51.0 Å². The molecule has 5 nitrogen and oxygen atoms in total. The Balaban J connectivity index is 1.51. The first-order chi connectivity index (χ1) is 14.1. The summed E-state index contributed by atoms with van der Waals surface area (Å²) in [7, 11) is 0. The molecule has 0 fully saturated rings. The normalized spacial score (nSPS) is 10.8. The predicted octanol–water partition coefficient (Wildman–Crippen LogP) is 5.61. The SMILES string of the molecule is CC(=O)N(c1ccccc1)c1nc(CSc2nccn2-c2cccc(C)c2)cs1. The van der Waals surface area contributed by atoms with E-state index in [1.807, 2.05) is 54.2 Å². The molecule has 2 heterocycles. The van der Waals surface area contributed by atoms with Crippen molar-refractivity contribution in [1.29, 1.82) is 0 Å². The lowest BCUT2D eigenvalue weighted by Crippen LogP contribution is -2.22. The number of rotatable bonds is 6. The molecule has 0 aliphatic heterocycles. The number of hydrogen-bond donors (Lipinski definition) is 0. The molecule has 0 unspecified atom stereocenters. The summed E-state index contributed by atoms with van der Waals surface area (Å²) in [6.07, 6.45) is 3.78. The summed E-state index contributed by atoms with van der Waals surface area (Å²) in [5.41, 5.74) is 4.05. The van der Waals surface area contributed by atoms with Gasteiger partial charge in [-0.3, -0.25) is 14.3 Å². The maximum atomic E-state index is 12.2. The largest absolute Gasteiger partial charge is 0.295 e. The van der Waals surface area contributed by atoms with Crippen LogP contribution in [0.1, 0.15) is 18.2 Å². The van der Waals surface area contributed by atoms with Crippen LogP contribution in [0.4, 0.5) is 10.8 Å². The van der Waals surface area contributed by atoms with Crippen molar-refractivity contribution in [2.24, 2.45) is 0 Å². The standard InChI is InChI=1S/C22H20N4OS2/c1-16-7-6-10-20(13-16)25-12-11-23-21(25)28-14-18-15-29-22(24-18)26(17(2)27)19-8-4-3-5-9-19/h3-13,15H,14H2,1-2H3. The second-order valence-corrected chi connectivity index (χ2v) is 8.30. The Morgan fingerprint density at radius 3 is 2.76 bits per heavy atom. The Morgan fingerprint density at radius 2 is 2.00 bits per heavy atom. The van der Waals surface area contributed by atoms with Gasteiger partial charge in [0.1, 0.15) is 0 Å². The molecule has 7 heteroatoms. The lowest BCUT2D eigenvalue weighted by molar-refractivity contribution is -0.115. The minimum absolute atomic E-state index is 0.0558. The van der Waals surface area contributed by atoms with Crippen molar-refractivity contribution in [3.63, 3.8) is 0 Å². The quantitative estimate of drug-likeness (QED) is 0.380. The summed E-state index contributed by atoms with van der Waals surface area (Å²) in [6, 6.07) is 17.9. The van der Waals surface area contributed by atoms with Crippen LogP contribution in [0.2, 0.25) is 0 Å². The van der Waals surface area contributed by atoms with Crippen molar-refractivity contribution in [3.8, 4) is 5.69 Å². The van der Waals surface area contributed by atoms with Crippen molar-refractivity contribution in [1.82, 2.24) is 14.5 Å². The molecule has 0 saturated heterocycles. The van der Waals surface area contributed by atoms with Gasteiger partial charge in [0, 0.05) is 36.1 Å². The molecule has 0 bridgehead atoms. The molecule has 1 amide bonds. The highest BCUT2D eigenvalue weighted by Crippen LogP contribution is 2.31. The second kappa shape index (κ2) is 8.63. The lowest BCUT2D eigenvalue weighted by atomic mass is 10.2. The Bertz CT molecular complexity index is 1120. The smallest absolute Gasteiger partial charge is 0.230 e. The summed E-state index contributed by atoms with van der Waals surface area (Å²) in [5.74, 6) is 0.625. The van der Waals surface area contributed by atoms with E-state index in [0.717, 1.165) is 22.2 Å². The van der Waals surface area contributed by atoms with Crippen LogP contribution < -0.4 is 4.90 Å². The number of carbonyl (C=O) groups excluding carboxylic acids is 1. The zero-order chi connectivity index (χ0) is 20.2. The van der Waals surface area contributed by atoms with E-state index in [4.69, 9.17) is 0 Å². The molecule has 0 saturated carbocycles. The van der Waals surface area contributed by atoms with Gasteiger partial charge in [-0.05, 0) is 36.8 Å². The van der Waals surface area contributed by atoms with Crippen LogP contribution in [0.25, 0.3) is 5.69 Å². The fourth-order valence-electron chi connectivity index (χ4n) is 2.98. The number of thioether (sulfide) groups is 1. The molecule has 0 atom stereocenters. The number of carbonyl (C=O) groups is 1. The number of thiazole rings is 1. The molecule has 2 aromatic heterocycles. The molecule has 4 aromatic rings. The zero-order valence-electron chi connectivity index (χ0n) is 16.1. The van der Waals surface area contributed by atoms with Gasteiger partial charge in [-0.15, -0.1) is 11.3 Å². The van der Waals surface area contributed by atoms with Crippen molar-refractivity contribution in [2.45, 2.75) is 24.8 Å². The molecule has 4 rings (SSSR count). The minimum atomic E-state index is -0.0558. The van der Waals surface area contributed by atoms with Crippen LogP contribution in [-0.2, 0) is 10.5 Å². The van der Waals surface area contributed by atoms with E-state index in [2.05, 4.69) is 39.7 Å². The highest BCUT2D eigenvalue weighted by Gasteiger charge is 2.18. The van der Waals surface area contributed by atoms with Gasteiger partial charge < -0.3 is 0 Å². The van der Waals surface area contributed by atoms with Crippen molar-refractivity contribution < 1.29 is 4.79 Å². The Morgan fingerprint density at radius 1 is 1.17 bits per heavy atom. The number of anilines is 2. The Hall–Kier alpha value is -2.90. The highest BCUT2D eigenvalue weighted by atomic mass is 32.2. The molecule has 0 aliphatic carbocycles. The fraction of sp³-hybridized carbons (Fsp3) is 0.136. The summed E-state index contributed by atoms with van der Waals surface area (Å²) in [5, 5.41) is 3.60. The molecule has 29 heavy (non-hydrogen) atoms. The first-order valence-electron chi connectivity index (χ1n) is 9.15. The zero-order valence-corrected chi connectivity index (χ0v) is 17.8. The fourth-order valence-corrected chi connectivity index (χ4v) is 4.84. The summed E-state index contributed by atoms with van der Waals surface area (Å²) < 4.78 is 2.08. The van der Waals surface area contributed by atoms with Gasteiger partial charge in [-0.1, -0.05) is 42.1 Å². The van der Waals surface area contributed by atoms with E-state index in [1.165, 1.54) is 16.9 Å². The average Bonchev–Trinajstić information content (AvgIpc) is 3.36. The van der Waals surface area contributed by atoms with E-state index in [-0.39, 0.29) is 5.91 Å². The van der Waals surface area contributed by atoms with Gasteiger partial charge in [0.15, 0.2) is 10.3 Å². The van der Waals surface area contributed by atoms with Crippen LogP contribution in [0.5, 0.6) is 0 Å². The number of aromatic nitrogens is 3. The van der Waals surface area contributed by atoms with Crippen LogP contribution in [0.15, 0.2) is 77.5 Å². The number of para-hydroxylation sites is 1. The second-order valence-electron chi connectivity index (χ2n) is 6.52. The molecule has 0 N–H and O–H groups in total. The number of imidazole rings is 1. The number of aryl methyl sites for hydroxylation is 1. The van der Waals surface area contributed by atoms with Crippen LogP contribution in [-0.4, -0.2) is 20.4 Å². The molecule has 0 spiro atoms. The van der Waals surface area contributed by atoms with E-state index < -0.39 is 0 Å². The molecule has 0 radical (unpaired) electrons. The van der Waals surface area contributed by atoms with Crippen molar-refractivity contribution in [2.75, 3.05) is 4.90 Å². The average molecular weight is 421 g/mol. The van der Waals surface area contributed by atoms with Crippen molar-refractivity contribution >= 4 is 39.8 Å². The summed E-state index contributed by atoms with van der Waals surface area (Å²) in [6.45, 7) is 3.64. The minimum Gasteiger partial charge on any atom is -0.295 e. The lowest BCUT2D eigenvalue weighted by Gasteiger charge is -2.17. The molecule has 2 aromatic carbocycles. The van der Waals surface area contributed by atoms with Gasteiger partial charge in [-0.2, -0.15) is 0 Å². The third-order valence-corrected chi connectivity index (χ3v) is 6.17. The van der Waals surface area contributed by atoms with Crippen LogP contribution >= 0.6 is 23.1 Å². The van der Waals surface area contributed by atoms with Crippen molar-refractivity contribution in [3.05, 3.63) is 83.6 Å². The number of benzene rings is 2. The molecule has 146 valence electrons. The van der Waals surface area contributed by atoms with Gasteiger partial charge in [0.2, 0.25) is 5.91 Å². The highest BCUT2D eigenvalue weighted by molar-refractivity contribution is 7.98. The van der Waals surface area contributed by atoms with Gasteiger partial charge in [0.05, 0.1) is 11.4 Å². The molecule has 0 aliphatic rings. The van der Waals surface area contributed by atoms with Gasteiger partial charge in [0.25, 0.3) is 0 Å². The van der Waals surface area contributed by atoms with Gasteiger partial charge in [-0.25, -0.2) is 9.97 Å². The number of hydrogen-bond acceptors (Lipinski definition) is 5. The third kappa shape index (κ3) is 4.41. The number of nitrogens with zero attached hydrogens (tertiary/aromatic N) is 4. The van der Waals surface area contributed by atoms with E-state index in [1.54, 1.807) is 23.6 Å². The Kier molecular flexibility index (Phi) is 5.78. The monoisotopic (exact) mass is 420 g/mol. The summed E-state index contributed by atoms with van der Waals surface area (Å²) >= 11 is 3.10. The summed E-state index contributed by atoms with van der Waals surface area (Å²) in [4.78, 5) is 23.0. The number of amides is 1. The maximum absolute atomic E-state index is 12.2. The first kappa shape index (κ1) is 19.4. The van der Waals surface area contributed by atoms with E-state index in [0.29, 0.717) is 10.9 Å². The van der Waals surface area contributed by atoms with E-state index in [9.17, 15) is 4.79 Å².